The largest absolute Gasteiger partial charge is 0.493 e. The summed E-state index contributed by atoms with van der Waals surface area (Å²) in [6, 6.07) is 8.89. The summed E-state index contributed by atoms with van der Waals surface area (Å²) in [6.07, 6.45) is 1.54. The molecular weight excluding hydrogens is 370 g/mol. The first-order chi connectivity index (χ1) is 14.0. The number of amides is 2. The fraction of sp³-hybridized carbons (Fsp3) is 0.409. The van der Waals surface area contributed by atoms with Crippen molar-refractivity contribution in [3.63, 3.8) is 0 Å². The van der Waals surface area contributed by atoms with Crippen LogP contribution in [0.1, 0.15) is 52.4 Å². The Morgan fingerprint density at radius 1 is 1.14 bits per heavy atom. The van der Waals surface area contributed by atoms with Crippen molar-refractivity contribution in [2.45, 2.75) is 39.3 Å². The average molecular weight is 397 g/mol. The predicted octanol–water partition coefficient (Wildman–Crippen LogP) is 2.83. The van der Waals surface area contributed by atoms with Crippen LogP contribution in [0.4, 0.5) is 0 Å². The third-order valence-corrected chi connectivity index (χ3v) is 5.20. The van der Waals surface area contributed by atoms with Crippen molar-refractivity contribution in [1.82, 2.24) is 15.2 Å². The van der Waals surface area contributed by atoms with Crippen LogP contribution in [0.15, 0.2) is 30.3 Å². The quantitative estimate of drug-likeness (QED) is 0.811. The number of ether oxygens (including phenoxy) is 2. The van der Waals surface area contributed by atoms with Gasteiger partial charge in [0, 0.05) is 19.1 Å². The molecule has 0 spiro atoms. The second-order valence-corrected chi connectivity index (χ2v) is 7.14. The number of rotatable bonds is 6. The number of nitrogens with one attached hydrogen (secondary N) is 1. The number of carbonyl (C=O) groups is 2. The van der Waals surface area contributed by atoms with Gasteiger partial charge in [0.05, 0.1) is 14.2 Å². The minimum absolute atomic E-state index is 0.0502. The highest BCUT2D eigenvalue weighted by atomic mass is 16.5. The molecule has 1 aliphatic rings. The van der Waals surface area contributed by atoms with Crippen molar-refractivity contribution < 1.29 is 19.1 Å². The molecular formula is C22H27N3O4. The molecule has 2 aromatic rings. The molecule has 0 aliphatic carbocycles. The van der Waals surface area contributed by atoms with Crippen LogP contribution in [0, 0.1) is 0 Å². The van der Waals surface area contributed by atoms with Crippen molar-refractivity contribution in [1.29, 1.82) is 0 Å². The molecule has 0 bridgehead atoms. The highest BCUT2D eigenvalue weighted by Gasteiger charge is 2.25. The van der Waals surface area contributed by atoms with Gasteiger partial charge < -0.3 is 19.7 Å². The Bertz CT molecular complexity index is 913. The molecule has 7 nitrogen and oxygen atoms in total. The second-order valence-electron chi connectivity index (χ2n) is 7.14. The Morgan fingerprint density at radius 2 is 1.79 bits per heavy atom. The number of fused-ring (bicyclic) bond motifs is 1. The zero-order valence-corrected chi connectivity index (χ0v) is 17.3. The van der Waals surface area contributed by atoms with Crippen LogP contribution in [0.5, 0.6) is 11.5 Å². The Labute approximate surface area is 171 Å². The second kappa shape index (κ2) is 8.94. The predicted molar refractivity (Wildman–Crippen MR) is 109 cm³/mol. The van der Waals surface area contributed by atoms with Gasteiger partial charge in [-0.25, -0.2) is 4.98 Å². The van der Waals surface area contributed by atoms with Gasteiger partial charge in [-0.3, -0.25) is 9.59 Å². The van der Waals surface area contributed by atoms with E-state index >= 15 is 0 Å². The van der Waals surface area contributed by atoms with E-state index in [-0.39, 0.29) is 29.2 Å². The van der Waals surface area contributed by atoms with E-state index in [0.29, 0.717) is 24.6 Å². The molecule has 2 amide bonds. The lowest BCUT2D eigenvalue weighted by atomic mass is 9.98. The molecule has 0 radical (unpaired) electrons. The molecule has 7 heteroatoms. The summed E-state index contributed by atoms with van der Waals surface area (Å²) in [5.74, 6) is 0.869. The van der Waals surface area contributed by atoms with Crippen molar-refractivity contribution in [3.05, 3.63) is 52.8 Å². The van der Waals surface area contributed by atoms with Gasteiger partial charge in [0.1, 0.15) is 11.4 Å². The number of hydrogen-bond donors (Lipinski definition) is 1. The van der Waals surface area contributed by atoms with Crippen molar-refractivity contribution in [2.24, 2.45) is 0 Å². The van der Waals surface area contributed by atoms with E-state index in [2.05, 4.69) is 10.3 Å². The average Bonchev–Trinajstić information content (AvgIpc) is 2.76. The standard InChI is InChI=1S/C22H27N3O4/c1-5-14(2)23-21(26)17-7-6-8-18(24-17)22(27)25-10-9-15-11-19(28-3)20(29-4)12-16(15)13-25/h6-8,11-12,14H,5,9-10,13H2,1-4H3,(H,23,26). The van der Waals surface area contributed by atoms with Crippen LogP contribution in [0.3, 0.4) is 0 Å². The zero-order valence-electron chi connectivity index (χ0n) is 17.3. The number of pyridine rings is 1. The molecule has 0 saturated heterocycles. The van der Waals surface area contributed by atoms with Gasteiger partial charge >= 0.3 is 0 Å². The smallest absolute Gasteiger partial charge is 0.272 e. The van der Waals surface area contributed by atoms with Crippen LogP contribution in [0.25, 0.3) is 0 Å². The normalized spacial score (nSPS) is 14.0. The van der Waals surface area contributed by atoms with Gasteiger partial charge in [-0.1, -0.05) is 13.0 Å². The third-order valence-electron chi connectivity index (χ3n) is 5.20. The number of nitrogens with zero attached hydrogens (tertiary/aromatic N) is 2. The maximum Gasteiger partial charge on any atom is 0.272 e. The number of aromatic nitrogens is 1. The third kappa shape index (κ3) is 4.50. The Hall–Kier alpha value is -3.09. The van der Waals surface area contributed by atoms with E-state index in [1.165, 1.54) is 0 Å². The number of methoxy groups -OCH3 is 2. The summed E-state index contributed by atoms with van der Waals surface area (Å²) < 4.78 is 10.7. The maximum absolute atomic E-state index is 13.0. The molecule has 3 rings (SSSR count). The first-order valence-electron chi connectivity index (χ1n) is 9.77. The van der Waals surface area contributed by atoms with Gasteiger partial charge in [-0.15, -0.1) is 0 Å². The van der Waals surface area contributed by atoms with Crippen LogP contribution < -0.4 is 14.8 Å². The zero-order chi connectivity index (χ0) is 21.0. The van der Waals surface area contributed by atoms with E-state index in [9.17, 15) is 9.59 Å². The molecule has 1 N–H and O–H groups in total. The SMILES string of the molecule is CCC(C)NC(=O)c1cccc(C(=O)N2CCc3cc(OC)c(OC)cc3C2)n1. The summed E-state index contributed by atoms with van der Waals surface area (Å²) in [6.45, 7) is 4.96. The molecule has 2 heterocycles. The molecule has 1 aliphatic heterocycles. The van der Waals surface area contributed by atoms with Gasteiger partial charge in [-0.2, -0.15) is 0 Å². The lowest BCUT2D eigenvalue weighted by Crippen LogP contribution is -2.37. The fourth-order valence-corrected chi connectivity index (χ4v) is 3.30. The molecule has 0 saturated carbocycles. The molecule has 1 aromatic heterocycles. The van der Waals surface area contributed by atoms with Crippen molar-refractivity contribution in [2.75, 3.05) is 20.8 Å². The maximum atomic E-state index is 13.0. The van der Waals surface area contributed by atoms with Gasteiger partial charge in [0.2, 0.25) is 0 Å². The Kier molecular flexibility index (Phi) is 6.36. The highest BCUT2D eigenvalue weighted by Crippen LogP contribution is 2.33. The molecule has 1 atom stereocenters. The minimum Gasteiger partial charge on any atom is -0.493 e. The van der Waals surface area contributed by atoms with E-state index in [4.69, 9.17) is 9.47 Å². The first kappa shape index (κ1) is 20.6. The number of benzene rings is 1. The lowest BCUT2D eigenvalue weighted by molar-refractivity contribution is 0.0728. The number of carbonyl (C=O) groups excluding carboxylic acids is 2. The monoisotopic (exact) mass is 397 g/mol. The summed E-state index contributed by atoms with van der Waals surface area (Å²) >= 11 is 0. The molecule has 1 aromatic carbocycles. The molecule has 29 heavy (non-hydrogen) atoms. The van der Waals surface area contributed by atoms with Gasteiger partial charge in [0.25, 0.3) is 11.8 Å². The van der Waals surface area contributed by atoms with Gasteiger partial charge in [-0.05, 0) is 55.2 Å². The number of hydrogen-bond acceptors (Lipinski definition) is 5. The van der Waals surface area contributed by atoms with Crippen LogP contribution in [-0.4, -0.2) is 48.5 Å². The molecule has 154 valence electrons. The molecule has 0 fully saturated rings. The van der Waals surface area contributed by atoms with Crippen LogP contribution >= 0.6 is 0 Å². The van der Waals surface area contributed by atoms with Crippen molar-refractivity contribution in [3.8, 4) is 11.5 Å². The van der Waals surface area contributed by atoms with Crippen LogP contribution in [-0.2, 0) is 13.0 Å². The van der Waals surface area contributed by atoms with Crippen molar-refractivity contribution >= 4 is 11.8 Å². The first-order valence-corrected chi connectivity index (χ1v) is 9.77. The summed E-state index contributed by atoms with van der Waals surface area (Å²) in [5, 5.41) is 2.88. The highest BCUT2D eigenvalue weighted by molar-refractivity contribution is 5.96. The minimum atomic E-state index is -0.269. The molecule has 1 unspecified atom stereocenters. The Morgan fingerprint density at radius 3 is 2.45 bits per heavy atom. The van der Waals surface area contributed by atoms with E-state index < -0.39 is 0 Å². The summed E-state index contributed by atoms with van der Waals surface area (Å²) in [4.78, 5) is 31.4. The lowest BCUT2D eigenvalue weighted by Gasteiger charge is -2.29. The van der Waals surface area contributed by atoms with Gasteiger partial charge in [0.15, 0.2) is 11.5 Å². The topological polar surface area (TPSA) is 80.8 Å². The summed E-state index contributed by atoms with van der Waals surface area (Å²) in [5.41, 5.74) is 2.68. The van der Waals surface area contributed by atoms with E-state index in [1.807, 2.05) is 26.0 Å². The van der Waals surface area contributed by atoms with Crippen LogP contribution in [0.2, 0.25) is 0 Å². The van der Waals surface area contributed by atoms with E-state index in [0.717, 1.165) is 24.0 Å². The van der Waals surface area contributed by atoms with E-state index in [1.54, 1.807) is 37.3 Å². The summed E-state index contributed by atoms with van der Waals surface area (Å²) in [7, 11) is 3.20. The fourth-order valence-electron chi connectivity index (χ4n) is 3.30. The Balaban J connectivity index is 1.78.